The first-order valence-electron chi connectivity index (χ1n) is 9.99. The molecule has 3 aromatic rings. The fourth-order valence-electron chi connectivity index (χ4n) is 3.05. The summed E-state index contributed by atoms with van der Waals surface area (Å²) in [7, 11) is 0. The maximum Gasteiger partial charge on any atom is 0.349 e. The highest BCUT2D eigenvalue weighted by atomic mass is 32.1. The molecule has 0 radical (unpaired) electrons. The van der Waals surface area contributed by atoms with E-state index in [2.05, 4.69) is 17.2 Å². The van der Waals surface area contributed by atoms with Gasteiger partial charge in [-0.05, 0) is 24.5 Å². The van der Waals surface area contributed by atoms with E-state index in [0.29, 0.717) is 27.2 Å². The van der Waals surface area contributed by atoms with Gasteiger partial charge in [0.25, 0.3) is 6.01 Å². The molecular formula is C22H26N2O4S. The molecule has 29 heavy (non-hydrogen) atoms. The number of thiophene rings is 1. The first-order valence-corrected chi connectivity index (χ1v) is 10.8. The number of rotatable bonds is 10. The third kappa shape index (κ3) is 5.44. The molecule has 0 aliphatic carbocycles. The van der Waals surface area contributed by atoms with Gasteiger partial charge in [0.05, 0.1) is 0 Å². The molecule has 3 rings (SSSR count). The molecule has 2 heterocycles. The summed E-state index contributed by atoms with van der Waals surface area (Å²) in [6, 6.07) is 9.66. The number of ether oxygens (including phenoxy) is 1. The normalized spacial score (nSPS) is 11.0. The van der Waals surface area contributed by atoms with Crippen molar-refractivity contribution in [3.05, 3.63) is 56.8 Å². The molecular weight excluding hydrogens is 388 g/mol. The predicted molar refractivity (Wildman–Crippen MR) is 116 cm³/mol. The van der Waals surface area contributed by atoms with Gasteiger partial charge in [0.2, 0.25) is 0 Å². The molecule has 0 amide bonds. The van der Waals surface area contributed by atoms with E-state index < -0.39 is 11.6 Å². The van der Waals surface area contributed by atoms with Crippen LogP contribution in [-0.2, 0) is 11.3 Å². The first kappa shape index (κ1) is 21.0. The number of aromatic nitrogens is 1. The molecule has 0 atom stereocenters. The average Bonchev–Trinajstić information content (AvgIpc) is 3.06. The van der Waals surface area contributed by atoms with E-state index in [4.69, 9.17) is 9.15 Å². The molecule has 0 spiro atoms. The molecule has 154 valence electrons. The quantitative estimate of drug-likeness (QED) is 0.358. The smallest absolute Gasteiger partial charge is 0.349 e. The lowest BCUT2D eigenvalue weighted by Crippen LogP contribution is -2.09. The van der Waals surface area contributed by atoms with Gasteiger partial charge in [-0.15, -0.1) is 11.3 Å². The minimum Gasteiger partial charge on any atom is -0.457 e. The molecule has 1 N–H and O–H groups in total. The Morgan fingerprint density at radius 3 is 2.69 bits per heavy atom. The third-order valence-corrected chi connectivity index (χ3v) is 5.85. The molecule has 7 heteroatoms. The maximum atomic E-state index is 12.5. The van der Waals surface area contributed by atoms with Gasteiger partial charge in [0, 0.05) is 6.54 Å². The molecule has 0 fully saturated rings. The van der Waals surface area contributed by atoms with E-state index in [0.717, 1.165) is 29.7 Å². The number of esters is 1. The van der Waals surface area contributed by atoms with Crippen molar-refractivity contribution in [1.29, 1.82) is 0 Å². The van der Waals surface area contributed by atoms with Crippen molar-refractivity contribution in [2.75, 3.05) is 11.9 Å². The van der Waals surface area contributed by atoms with Gasteiger partial charge in [-0.25, -0.2) is 9.59 Å². The number of benzene rings is 1. The van der Waals surface area contributed by atoms with Crippen molar-refractivity contribution in [1.82, 2.24) is 4.98 Å². The standard InChI is InChI=1S/C22H26N2O4S/c1-3-4-5-6-10-13-23-22-24-19-17(20(25)28-22)15(2)18(29-19)21(26)27-14-16-11-8-7-9-12-16/h7-9,11-12H,3-6,10,13-14H2,1-2H3,(H,23,24). The number of unbranched alkanes of at least 4 members (excludes halogenated alkanes) is 4. The van der Waals surface area contributed by atoms with Crippen molar-refractivity contribution in [3.63, 3.8) is 0 Å². The number of carbonyl (C=O) groups is 1. The van der Waals surface area contributed by atoms with E-state index in [1.807, 2.05) is 30.3 Å². The van der Waals surface area contributed by atoms with Crippen molar-refractivity contribution < 1.29 is 13.9 Å². The molecule has 6 nitrogen and oxygen atoms in total. The number of nitrogens with one attached hydrogen (secondary N) is 1. The van der Waals surface area contributed by atoms with Gasteiger partial charge in [-0.2, -0.15) is 4.98 Å². The zero-order valence-electron chi connectivity index (χ0n) is 16.8. The highest BCUT2D eigenvalue weighted by Crippen LogP contribution is 2.29. The Morgan fingerprint density at radius 1 is 1.17 bits per heavy atom. The third-order valence-electron chi connectivity index (χ3n) is 4.68. The summed E-state index contributed by atoms with van der Waals surface area (Å²) in [5, 5.41) is 3.41. The second-order valence-electron chi connectivity index (χ2n) is 6.95. The van der Waals surface area contributed by atoms with Crippen LogP contribution in [0, 0.1) is 6.92 Å². The Morgan fingerprint density at radius 2 is 1.93 bits per heavy atom. The molecule has 0 saturated heterocycles. The van der Waals surface area contributed by atoms with Gasteiger partial charge < -0.3 is 14.5 Å². The SMILES string of the molecule is CCCCCCCNc1nc2sc(C(=O)OCc3ccccc3)c(C)c2c(=O)o1. The predicted octanol–water partition coefficient (Wildman–Crippen LogP) is 5.30. The Hall–Kier alpha value is -2.67. The van der Waals surface area contributed by atoms with Gasteiger partial charge in [0.15, 0.2) is 0 Å². The number of nitrogens with zero attached hydrogens (tertiary/aromatic N) is 1. The molecule has 0 unspecified atom stereocenters. The van der Waals surface area contributed by atoms with Crippen LogP contribution >= 0.6 is 11.3 Å². The van der Waals surface area contributed by atoms with Crippen molar-refractivity contribution in [2.24, 2.45) is 0 Å². The van der Waals surface area contributed by atoms with Gasteiger partial charge in [-0.1, -0.05) is 62.9 Å². The summed E-state index contributed by atoms with van der Waals surface area (Å²) in [6.07, 6.45) is 5.76. The number of aryl methyl sites for hydroxylation is 1. The summed E-state index contributed by atoms with van der Waals surface area (Å²) in [6.45, 7) is 4.78. The second-order valence-corrected chi connectivity index (χ2v) is 7.94. The highest BCUT2D eigenvalue weighted by molar-refractivity contribution is 7.20. The Kier molecular flexibility index (Phi) is 7.41. The zero-order valence-corrected chi connectivity index (χ0v) is 17.6. The Labute approximate surface area is 173 Å². The number of hydrogen-bond donors (Lipinski definition) is 1. The largest absolute Gasteiger partial charge is 0.457 e. The maximum absolute atomic E-state index is 12.5. The second kappa shape index (κ2) is 10.2. The van der Waals surface area contributed by atoms with Crippen LogP contribution in [0.15, 0.2) is 39.5 Å². The van der Waals surface area contributed by atoms with Crippen LogP contribution in [0.3, 0.4) is 0 Å². The van der Waals surface area contributed by atoms with Crippen molar-refractivity contribution in [3.8, 4) is 0 Å². The average molecular weight is 415 g/mol. The number of carbonyl (C=O) groups excluding carboxylic acids is 1. The van der Waals surface area contributed by atoms with E-state index in [9.17, 15) is 9.59 Å². The molecule has 0 aliphatic rings. The van der Waals surface area contributed by atoms with Crippen molar-refractivity contribution in [2.45, 2.75) is 52.6 Å². The van der Waals surface area contributed by atoms with Crippen LogP contribution < -0.4 is 10.9 Å². The van der Waals surface area contributed by atoms with Crippen LogP contribution in [-0.4, -0.2) is 17.5 Å². The Bertz CT molecular complexity index is 1010. The monoisotopic (exact) mass is 414 g/mol. The fraction of sp³-hybridized carbons (Fsp3) is 0.409. The van der Waals surface area contributed by atoms with Crippen LogP contribution in [0.1, 0.15) is 59.8 Å². The lowest BCUT2D eigenvalue weighted by molar-refractivity contribution is 0.0478. The van der Waals surface area contributed by atoms with Crippen LogP contribution in [0.2, 0.25) is 0 Å². The van der Waals surface area contributed by atoms with Crippen LogP contribution in [0.4, 0.5) is 6.01 Å². The molecule has 0 saturated carbocycles. The minimum atomic E-state index is -0.487. The topological polar surface area (TPSA) is 81.4 Å². The summed E-state index contributed by atoms with van der Waals surface area (Å²) in [5.74, 6) is -0.459. The van der Waals surface area contributed by atoms with Gasteiger partial charge in [0.1, 0.15) is 21.7 Å². The first-order chi connectivity index (χ1) is 14.1. The van der Waals surface area contributed by atoms with E-state index in [-0.39, 0.29) is 12.6 Å². The molecule has 0 aliphatic heterocycles. The zero-order chi connectivity index (χ0) is 20.6. The summed E-state index contributed by atoms with van der Waals surface area (Å²) < 4.78 is 10.7. The van der Waals surface area contributed by atoms with E-state index in [1.54, 1.807) is 6.92 Å². The van der Waals surface area contributed by atoms with E-state index >= 15 is 0 Å². The highest BCUT2D eigenvalue weighted by Gasteiger charge is 2.21. The van der Waals surface area contributed by atoms with Crippen LogP contribution in [0.25, 0.3) is 10.2 Å². The lowest BCUT2D eigenvalue weighted by Gasteiger charge is -2.04. The van der Waals surface area contributed by atoms with Gasteiger partial charge in [-0.3, -0.25) is 0 Å². The van der Waals surface area contributed by atoms with Gasteiger partial charge >= 0.3 is 11.6 Å². The summed E-state index contributed by atoms with van der Waals surface area (Å²) in [4.78, 5) is 30.2. The van der Waals surface area contributed by atoms with Crippen molar-refractivity contribution >= 4 is 33.5 Å². The lowest BCUT2D eigenvalue weighted by atomic mass is 10.1. The van der Waals surface area contributed by atoms with E-state index in [1.165, 1.54) is 19.3 Å². The number of anilines is 1. The fourth-order valence-corrected chi connectivity index (χ4v) is 4.11. The van der Waals surface area contributed by atoms with Crippen LogP contribution in [0.5, 0.6) is 0 Å². The summed E-state index contributed by atoms with van der Waals surface area (Å²) >= 11 is 1.16. The Balaban J connectivity index is 1.68. The molecule has 2 aromatic heterocycles. The number of fused-ring (bicyclic) bond motifs is 1. The summed E-state index contributed by atoms with van der Waals surface area (Å²) in [5.41, 5.74) is 0.970. The number of hydrogen-bond acceptors (Lipinski definition) is 7. The minimum absolute atomic E-state index is 0.181. The molecule has 0 bridgehead atoms. The molecule has 1 aromatic carbocycles.